The van der Waals surface area contributed by atoms with Crippen LogP contribution in [0.2, 0.25) is 0 Å². The first-order valence-corrected chi connectivity index (χ1v) is 9.10. The molecule has 0 amide bonds. The van der Waals surface area contributed by atoms with Crippen molar-refractivity contribution in [2.45, 2.75) is 13.2 Å². The number of hydrogen-bond acceptors (Lipinski definition) is 3. The molecule has 0 spiro atoms. The third-order valence-corrected chi connectivity index (χ3v) is 4.55. The molecule has 0 radical (unpaired) electrons. The minimum absolute atomic E-state index is 0.359. The molecule has 3 aromatic carbocycles. The second kappa shape index (κ2) is 8.15. The SMILES string of the molecule is Cc1cccc(C2OCCO2)c1N=C=C(c1ccccc1)c1ccccc1. The molecule has 0 unspecified atom stereocenters. The van der Waals surface area contributed by atoms with Gasteiger partial charge >= 0.3 is 0 Å². The number of aliphatic imine (C=N–C) groups is 1. The second-order valence-electron chi connectivity index (χ2n) is 6.42. The smallest absolute Gasteiger partial charge is 0.186 e. The molecule has 3 nitrogen and oxygen atoms in total. The van der Waals surface area contributed by atoms with Gasteiger partial charge in [-0.2, -0.15) is 0 Å². The Morgan fingerprint density at radius 3 is 2.00 bits per heavy atom. The van der Waals surface area contributed by atoms with Gasteiger partial charge in [0.25, 0.3) is 0 Å². The van der Waals surface area contributed by atoms with Gasteiger partial charge in [-0.15, -0.1) is 0 Å². The van der Waals surface area contributed by atoms with Gasteiger partial charge < -0.3 is 9.47 Å². The minimum Gasteiger partial charge on any atom is -0.346 e. The van der Waals surface area contributed by atoms with E-state index in [4.69, 9.17) is 14.5 Å². The Kier molecular flexibility index (Phi) is 5.27. The van der Waals surface area contributed by atoms with E-state index >= 15 is 0 Å². The minimum atomic E-state index is -0.359. The number of para-hydroxylation sites is 1. The van der Waals surface area contributed by atoms with Crippen molar-refractivity contribution in [1.29, 1.82) is 0 Å². The van der Waals surface area contributed by atoms with E-state index in [9.17, 15) is 0 Å². The molecule has 1 aliphatic rings. The fraction of sp³-hybridized carbons (Fsp3) is 0.167. The summed E-state index contributed by atoms with van der Waals surface area (Å²) in [5.74, 6) is 3.30. The predicted molar refractivity (Wildman–Crippen MR) is 108 cm³/mol. The summed E-state index contributed by atoms with van der Waals surface area (Å²) in [6.07, 6.45) is -0.359. The van der Waals surface area contributed by atoms with E-state index in [0.29, 0.717) is 13.2 Å². The van der Waals surface area contributed by atoms with Crippen LogP contribution >= 0.6 is 0 Å². The van der Waals surface area contributed by atoms with Crippen LogP contribution < -0.4 is 0 Å². The van der Waals surface area contributed by atoms with Crippen LogP contribution in [0.5, 0.6) is 0 Å². The van der Waals surface area contributed by atoms with Gasteiger partial charge in [0, 0.05) is 5.56 Å². The van der Waals surface area contributed by atoms with Gasteiger partial charge in [0.15, 0.2) is 6.29 Å². The maximum Gasteiger partial charge on any atom is 0.186 e. The maximum absolute atomic E-state index is 5.69. The normalized spacial score (nSPS) is 14.0. The summed E-state index contributed by atoms with van der Waals surface area (Å²) in [5, 5.41) is 0. The van der Waals surface area contributed by atoms with Crippen molar-refractivity contribution in [3.05, 3.63) is 101 Å². The Bertz CT molecular complexity index is 926. The van der Waals surface area contributed by atoms with Crippen LogP contribution in [0.25, 0.3) is 5.57 Å². The average molecular weight is 355 g/mol. The van der Waals surface area contributed by atoms with Crippen LogP contribution in [0.4, 0.5) is 5.69 Å². The molecule has 134 valence electrons. The highest BCUT2D eigenvalue weighted by molar-refractivity contribution is 5.99. The number of nitrogens with zero attached hydrogens (tertiary/aromatic N) is 1. The zero-order valence-corrected chi connectivity index (χ0v) is 15.3. The van der Waals surface area contributed by atoms with E-state index < -0.39 is 0 Å². The van der Waals surface area contributed by atoms with Crippen LogP contribution in [0.15, 0.2) is 83.9 Å². The van der Waals surface area contributed by atoms with E-state index in [1.165, 1.54) is 0 Å². The molecule has 1 saturated heterocycles. The summed E-state index contributed by atoms with van der Waals surface area (Å²) in [7, 11) is 0. The lowest BCUT2D eigenvalue weighted by Crippen LogP contribution is -1.99. The van der Waals surface area contributed by atoms with Gasteiger partial charge in [0.1, 0.15) is 0 Å². The first-order chi connectivity index (χ1) is 13.3. The molecule has 0 atom stereocenters. The van der Waals surface area contributed by atoms with E-state index in [1.54, 1.807) is 0 Å². The summed E-state index contributed by atoms with van der Waals surface area (Å²) in [4.78, 5) is 4.76. The van der Waals surface area contributed by atoms with Gasteiger partial charge in [0.2, 0.25) is 0 Å². The summed E-state index contributed by atoms with van der Waals surface area (Å²) < 4.78 is 11.4. The predicted octanol–water partition coefficient (Wildman–Crippen LogP) is 5.47. The molecule has 1 heterocycles. The quantitative estimate of drug-likeness (QED) is 0.581. The van der Waals surface area contributed by atoms with E-state index in [-0.39, 0.29) is 6.29 Å². The van der Waals surface area contributed by atoms with Crippen LogP contribution in [-0.2, 0) is 9.47 Å². The molecule has 1 fully saturated rings. The summed E-state index contributed by atoms with van der Waals surface area (Å²) in [5.41, 5.74) is 5.99. The molecule has 0 N–H and O–H groups in total. The Balaban J connectivity index is 1.85. The summed E-state index contributed by atoms with van der Waals surface area (Å²) in [6.45, 7) is 3.26. The maximum atomic E-state index is 5.69. The Morgan fingerprint density at radius 1 is 0.815 bits per heavy atom. The van der Waals surface area contributed by atoms with E-state index in [0.717, 1.165) is 33.5 Å². The molecule has 27 heavy (non-hydrogen) atoms. The summed E-state index contributed by atoms with van der Waals surface area (Å²) >= 11 is 0. The second-order valence-corrected chi connectivity index (χ2v) is 6.42. The number of rotatable bonds is 4. The van der Waals surface area contributed by atoms with Gasteiger partial charge in [-0.25, -0.2) is 4.99 Å². The molecular weight excluding hydrogens is 334 g/mol. The topological polar surface area (TPSA) is 30.8 Å². The van der Waals surface area contributed by atoms with Crippen molar-refractivity contribution in [2.75, 3.05) is 13.2 Å². The van der Waals surface area contributed by atoms with Crippen LogP contribution in [0.1, 0.15) is 28.5 Å². The lowest BCUT2D eigenvalue weighted by molar-refractivity contribution is -0.0436. The molecule has 3 aromatic rings. The number of ether oxygens (including phenoxy) is 2. The highest BCUT2D eigenvalue weighted by Gasteiger charge is 2.22. The lowest BCUT2D eigenvalue weighted by atomic mass is 9.99. The Labute approximate surface area is 159 Å². The van der Waals surface area contributed by atoms with Crippen molar-refractivity contribution in [2.24, 2.45) is 4.99 Å². The molecule has 4 rings (SSSR count). The third kappa shape index (κ3) is 3.91. The van der Waals surface area contributed by atoms with Gasteiger partial charge in [-0.3, -0.25) is 0 Å². The average Bonchev–Trinajstić information content (AvgIpc) is 3.25. The van der Waals surface area contributed by atoms with Gasteiger partial charge in [0.05, 0.1) is 24.5 Å². The number of hydrogen-bond donors (Lipinski definition) is 0. The molecule has 0 saturated carbocycles. The molecular formula is C24H21NO2. The highest BCUT2D eigenvalue weighted by Crippen LogP contribution is 2.34. The largest absolute Gasteiger partial charge is 0.346 e. The van der Waals surface area contributed by atoms with E-state index in [1.807, 2.05) is 61.5 Å². The first-order valence-electron chi connectivity index (χ1n) is 9.10. The monoisotopic (exact) mass is 355 g/mol. The van der Waals surface area contributed by atoms with Crippen molar-refractivity contribution >= 4 is 17.1 Å². The van der Waals surface area contributed by atoms with E-state index in [2.05, 4.69) is 30.1 Å². The molecule has 1 aliphatic heterocycles. The summed E-state index contributed by atoms with van der Waals surface area (Å²) in [6, 6.07) is 26.5. The van der Waals surface area contributed by atoms with Crippen LogP contribution in [0.3, 0.4) is 0 Å². The van der Waals surface area contributed by atoms with Crippen molar-refractivity contribution in [3.63, 3.8) is 0 Å². The lowest BCUT2D eigenvalue weighted by Gasteiger charge is -2.13. The van der Waals surface area contributed by atoms with Gasteiger partial charge in [-0.05, 0) is 29.5 Å². The van der Waals surface area contributed by atoms with Crippen molar-refractivity contribution in [3.8, 4) is 0 Å². The Morgan fingerprint density at radius 2 is 1.41 bits per heavy atom. The molecule has 0 aromatic heterocycles. The molecule has 0 bridgehead atoms. The highest BCUT2D eigenvalue weighted by atomic mass is 16.7. The molecule has 3 heteroatoms. The van der Waals surface area contributed by atoms with Crippen LogP contribution in [-0.4, -0.2) is 19.1 Å². The van der Waals surface area contributed by atoms with Crippen molar-refractivity contribution in [1.82, 2.24) is 0 Å². The zero-order valence-electron chi connectivity index (χ0n) is 15.3. The van der Waals surface area contributed by atoms with Gasteiger partial charge in [-0.1, -0.05) is 78.9 Å². The fourth-order valence-corrected chi connectivity index (χ4v) is 3.18. The zero-order chi connectivity index (χ0) is 18.5. The fourth-order valence-electron chi connectivity index (χ4n) is 3.18. The number of benzene rings is 3. The standard InChI is InChI=1S/C24H21NO2/c1-18-9-8-14-21(24-26-15-16-27-24)23(18)25-17-22(19-10-4-2-5-11-19)20-12-6-3-7-13-20/h2-14,24H,15-16H2,1H3. The first kappa shape index (κ1) is 17.4. The number of aryl methyl sites for hydroxylation is 1. The molecule has 0 aliphatic carbocycles. The van der Waals surface area contributed by atoms with Crippen molar-refractivity contribution < 1.29 is 9.47 Å². The third-order valence-electron chi connectivity index (χ3n) is 4.55. The Hall–Kier alpha value is -2.97. The van der Waals surface area contributed by atoms with Crippen LogP contribution in [0, 0.1) is 6.92 Å².